The molecule has 3 amide bonds. The number of fused-ring (bicyclic) bond motifs is 1. The maximum Gasteiger partial charge on any atom is 0.357 e. The molecule has 0 spiro atoms. The van der Waals surface area contributed by atoms with Crippen molar-refractivity contribution in [3.05, 3.63) is 188 Å². The Labute approximate surface area is 366 Å². The number of esters is 2. The van der Waals surface area contributed by atoms with Gasteiger partial charge in [-0.05, 0) is 53.3 Å². The van der Waals surface area contributed by atoms with Gasteiger partial charge in [0.1, 0.15) is 23.2 Å². The third kappa shape index (κ3) is 9.88. The van der Waals surface area contributed by atoms with E-state index in [-0.39, 0.29) is 46.3 Å². The van der Waals surface area contributed by atoms with Gasteiger partial charge in [-0.2, -0.15) is 0 Å². The van der Waals surface area contributed by atoms with E-state index in [0.717, 1.165) is 22.3 Å². The molecule has 10 nitrogen and oxygen atoms in total. The van der Waals surface area contributed by atoms with Crippen LogP contribution in [0, 0.1) is 0 Å². The van der Waals surface area contributed by atoms with Gasteiger partial charge in [0, 0.05) is 17.2 Å². The molecule has 14 heteroatoms. The number of halogens is 3. The van der Waals surface area contributed by atoms with Crippen molar-refractivity contribution < 1.29 is 33.4 Å². The zero-order chi connectivity index (χ0) is 42.2. The van der Waals surface area contributed by atoms with Crippen LogP contribution in [0.5, 0.6) is 0 Å². The van der Waals surface area contributed by atoms with Crippen molar-refractivity contribution in [3.63, 3.8) is 0 Å². The first-order valence-corrected chi connectivity index (χ1v) is 21.3. The summed E-state index contributed by atoms with van der Waals surface area (Å²) in [7, 11) is 0. The number of amides is 3. The van der Waals surface area contributed by atoms with E-state index in [9.17, 15) is 24.0 Å². The molecular weight excluding hydrogens is 845 g/mol. The van der Waals surface area contributed by atoms with Gasteiger partial charge in [-0.1, -0.05) is 156 Å². The van der Waals surface area contributed by atoms with Crippen molar-refractivity contribution in [1.82, 2.24) is 15.5 Å². The molecule has 0 aliphatic carbocycles. The van der Waals surface area contributed by atoms with Crippen LogP contribution in [-0.4, -0.2) is 57.8 Å². The summed E-state index contributed by atoms with van der Waals surface area (Å²) in [6.07, 6.45) is -1.48. The molecule has 3 atom stereocenters. The van der Waals surface area contributed by atoms with Crippen molar-refractivity contribution in [2.24, 2.45) is 0 Å². The maximum absolute atomic E-state index is 14.0. The normalized spacial score (nSPS) is 16.4. The number of rotatable bonds is 15. The van der Waals surface area contributed by atoms with Crippen LogP contribution in [0.3, 0.4) is 0 Å². The lowest BCUT2D eigenvalue weighted by Gasteiger charge is -2.49. The molecule has 5 aromatic carbocycles. The molecule has 0 saturated carbocycles. The largest absolute Gasteiger partial charge is 0.451 e. The predicted octanol–water partition coefficient (Wildman–Crippen LogP) is 8.78. The minimum absolute atomic E-state index is 0.0146. The summed E-state index contributed by atoms with van der Waals surface area (Å²) in [5.74, 6) is -2.86. The minimum Gasteiger partial charge on any atom is -0.451 e. The van der Waals surface area contributed by atoms with Crippen LogP contribution in [0.4, 0.5) is 0 Å². The van der Waals surface area contributed by atoms with E-state index in [1.54, 1.807) is 0 Å². The Morgan fingerprint density at radius 1 is 0.717 bits per heavy atom. The second-order valence-corrected chi connectivity index (χ2v) is 16.4. The highest BCUT2D eigenvalue weighted by Crippen LogP contribution is 2.42. The lowest BCUT2D eigenvalue weighted by molar-refractivity contribution is -0.154. The van der Waals surface area contributed by atoms with Crippen molar-refractivity contribution in [3.8, 4) is 0 Å². The average Bonchev–Trinajstić information content (AvgIpc) is 3.27. The van der Waals surface area contributed by atoms with Crippen LogP contribution in [-0.2, 0) is 28.7 Å². The fraction of sp³-hybridized carbons (Fsp3) is 0.196. The summed E-state index contributed by atoms with van der Waals surface area (Å²) < 4.78 is 12.1. The lowest BCUT2D eigenvalue weighted by atomic mass is 10.0. The highest BCUT2D eigenvalue weighted by molar-refractivity contribution is 8.00. The van der Waals surface area contributed by atoms with Crippen molar-refractivity contribution in [1.29, 1.82) is 0 Å². The van der Waals surface area contributed by atoms with Gasteiger partial charge in [0.15, 0.2) is 12.2 Å². The second kappa shape index (κ2) is 19.6. The van der Waals surface area contributed by atoms with Crippen LogP contribution >= 0.6 is 46.6 Å². The van der Waals surface area contributed by atoms with Crippen LogP contribution in [0.1, 0.15) is 64.1 Å². The van der Waals surface area contributed by atoms with Gasteiger partial charge >= 0.3 is 11.9 Å². The molecule has 2 N–H and O–H groups in total. The number of hydrogen-bond donors (Lipinski definition) is 2. The number of hydrogen-bond acceptors (Lipinski definition) is 8. The Bertz CT molecular complexity index is 2310. The molecule has 0 aromatic heterocycles. The molecule has 306 valence electrons. The zero-order valence-corrected chi connectivity index (χ0v) is 34.9. The number of thioether (sulfide) groups is 1. The number of carbonyl (C=O) groups is 5. The maximum atomic E-state index is 14.0. The summed E-state index contributed by atoms with van der Waals surface area (Å²) in [6, 6.07) is 39.2. The molecular formula is C46H38Cl3N3O7S. The molecule has 2 unspecified atom stereocenters. The van der Waals surface area contributed by atoms with E-state index in [4.69, 9.17) is 44.3 Å². The summed E-state index contributed by atoms with van der Waals surface area (Å²) in [6.45, 7) is 0. The highest BCUT2D eigenvalue weighted by atomic mass is 35.5. The summed E-state index contributed by atoms with van der Waals surface area (Å²) in [5.41, 5.74) is 2.97. The minimum atomic E-state index is -1.18. The van der Waals surface area contributed by atoms with Gasteiger partial charge in [-0.15, -0.1) is 11.8 Å². The van der Waals surface area contributed by atoms with Crippen LogP contribution in [0.15, 0.2) is 150 Å². The second-order valence-electron chi connectivity index (χ2n) is 14.0. The number of carbonyl (C=O) groups excluding carboxylic acids is 5. The van der Waals surface area contributed by atoms with E-state index in [0.29, 0.717) is 5.02 Å². The quantitative estimate of drug-likeness (QED) is 0.0789. The third-order valence-electron chi connectivity index (χ3n) is 9.96. The first kappa shape index (κ1) is 42.5. The molecule has 60 heavy (non-hydrogen) atoms. The SMILES string of the molecule is O=C(CCCC(NC(=O)c1ccc(Cl)cc1Cl)C(=O)OC(c1ccccc1)c1ccccc1)NC1C(=O)N2C(C(=O)OC(c3ccccc3)c3ccccc3)=C(Cl)CS[C@H]12. The monoisotopic (exact) mass is 881 g/mol. The number of benzene rings is 5. The summed E-state index contributed by atoms with van der Waals surface area (Å²) in [4.78, 5) is 69.4. The van der Waals surface area contributed by atoms with Crippen molar-refractivity contribution in [2.45, 2.75) is 48.9 Å². The summed E-state index contributed by atoms with van der Waals surface area (Å²) in [5, 5.41) is 5.52. The molecule has 0 bridgehead atoms. The van der Waals surface area contributed by atoms with Crippen LogP contribution in [0.2, 0.25) is 10.0 Å². The number of ether oxygens (including phenoxy) is 2. The first-order chi connectivity index (χ1) is 29.1. The molecule has 1 saturated heterocycles. The fourth-order valence-corrected chi connectivity index (χ4v) is 9.01. The number of β-lactam (4-membered cyclic amide) rings is 1. The van der Waals surface area contributed by atoms with E-state index in [2.05, 4.69) is 10.6 Å². The Hall–Kier alpha value is -5.59. The van der Waals surface area contributed by atoms with E-state index in [1.807, 2.05) is 121 Å². The lowest BCUT2D eigenvalue weighted by Crippen LogP contribution is -2.70. The third-order valence-corrected chi connectivity index (χ3v) is 12.3. The molecule has 2 aliphatic heterocycles. The molecule has 2 aliphatic rings. The molecule has 0 radical (unpaired) electrons. The highest BCUT2D eigenvalue weighted by Gasteiger charge is 2.54. The van der Waals surface area contributed by atoms with Gasteiger partial charge < -0.3 is 20.1 Å². The predicted molar refractivity (Wildman–Crippen MR) is 231 cm³/mol. The Morgan fingerprint density at radius 3 is 1.75 bits per heavy atom. The first-order valence-electron chi connectivity index (χ1n) is 19.1. The molecule has 7 rings (SSSR count). The van der Waals surface area contributed by atoms with Crippen LogP contribution in [0.25, 0.3) is 0 Å². The Morgan fingerprint density at radius 2 is 1.23 bits per heavy atom. The topological polar surface area (TPSA) is 131 Å². The van der Waals surface area contributed by atoms with Gasteiger partial charge in [0.25, 0.3) is 11.8 Å². The van der Waals surface area contributed by atoms with Crippen molar-refractivity contribution in [2.75, 3.05) is 5.75 Å². The number of nitrogens with zero attached hydrogens (tertiary/aromatic N) is 1. The van der Waals surface area contributed by atoms with E-state index < -0.39 is 59.3 Å². The van der Waals surface area contributed by atoms with E-state index in [1.165, 1.54) is 34.9 Å². The van der Waals surface area contributed by atoms with Gasteiger partial charge in [-0.25, -0.2) is 9.59 Å². The smallest absolute Gasteiger partial charge is 0.357 e. The van der Waals surface area contributed by atoms with Gasteiger partial charge in [0.2, 0.25) is 5.91 Å². The van der Waals surface area contributed by atoms with E-state index >= 15 is 0 Å². The number of nitrogens with one attached hydrogen (secondary N) is 2. The van der Waals surface area contributed by atoms with Gasteiger partial charge in [-0.3, -0.25) is 19.3 Å². The van der Waals surface area contributed by atoms with Crippen LogP contribution < -0.4 is 10.6 Å². The summed E-state index contributed by atoms with van der Waals surface area (Å²) >= 11 is 20.3. The zero-order valence-electron chi connectivity index (χ0n) is 31.8. The molecule has 2 heterocycles. The Balaban J connectivity index is 1.01. The average molecular weight is 883 g/mol. The Kier molecular flexibility index (Phi) is 13.9. The van der Waals surface area contributed by atoms with Gasteiger partial charge in [0.05, 0.1) is 15.6 Å². The fourth-order valence-electron chi connectivity index (χ4n) is 6.97. The molecule has 5 aromatic rings. The molecule has 1 fully saturated rings. The van der Waals surface area contributed by atoms with Crippen molar-refractivity contribution >= 4 is 76.2 Å². The standard InChI is InChI=1S/C46H38Cl3N3O7S/c47-32-24-25-33(34(48)26-32)42(54)50-36(45(56)58-40(28-14-5-1-6-15-28)29-16-7-2-8-17-29)22-13-23-37(53)51-38-43(55)52-39(35(49)27-60-44(38)52)46(57)59-41(30-18-9-3-10-19-30)31-20-11-4-12-21-31/h1-12,14-21,24-26,36,38,40-41,44H,13,22-23,27H2,(H,50,54)(H,51,53)/t36?,38?,44-/m1/s1.